The Morgan fingerprint density at radius 1 is 1.10 bits per heavy atom. The average molecular weight is 570 g/mol. The van der Waals surface area contributed by atoms with Crippen molar-refractivity contribution in [3.05, 3.63) is 107 Å². The lowest BCUT2D eigenvalue weighted by atomic mass is 10.0. The number of halogens is 1. The largest absolute Gasteiger partial charge is 0.480 e. The van der Waals surface area contributed by atoms with Gasteiger partial charge in [0.25, 0.3) is 5.91 Å². The number of hydrogen-bond donors (Lipinski definition) is 3. The highest BCUT2D eigenvalue weighted by molar-refractivity contribution is 5.97. The minimum Gasteiger partial charge on any atom is -0.480 e. The number of nitrogens with zero attached hydrogens (tertiary/aromatic N) is 3. The normalized spacial score (nSPS) is 12.1. The number of anilines is 1. The molecule has 0 spiro atoms. The summed E-state index contributed by atoms with van der Waals surface area (Å²) >= 11 is 0. The molecule has 1 heterocycles. The van der Waals surface area contributed by atoms with Gasteiger partial charge in [0.2, 0.25) is 0 Å². The fourth-order valence-electron chi connectivity index (χ4n) is 4.34. The summed E-state index contributed by atoms with van der Waals surface area (Å²) in [6.45, 7) is 3.32. The zero-order chi connectivity index (χ0) is 30.4. The summed E-state index contributed by atoms with van der Waals surface area (Å²) in [5, 5.41) is 28.4. The molecule has 11 heteroatoms. The number of aryl methyl sites for hydroxylation is 1. The Morgan fingerprint density at radius 3 is 2.48 bits per heavy atom. The monoisotopic (exact) mass is 569 g/mol. The van der Waals surface area contributed by atoms with Crippen molar-refractivity contribution < 1.29 is 28.6 Å². The fraction of sp³-hybridized carbons (Fsp3) is 0.194. The zero-order valence-corrected chi connectivity index (χ0v) is 23.1. The summed E-state index contributed by atoms with van der Waals surface area (Å²) < 4.78 is 21.1. The van der Waals surface area contributed by atoms with Crippen molar-refractivity contribution in [2.75, 3.05) is 5.32 Å². The Labute approximate surface area is 241 Å². The second-order valence-electron chi connectivity index (χ2n) is 9.58. The first-order chi connectivity index (χ1) is 20.1. The third-order valence-electron chi connectivity index (χ3n) is 6.71. The number of aromatic nitrogens is 2. The molecule has 42 heavy (non-hydrogen) atoms. The Morgan fingerprint density at radius 2 is 1.81 bits per heavy atom. The molecule has 0 saturated heterocycles. The number of carboxylic acids is 1. The molecule has 4 rings (SSSR count). The van der Waals surface area contributed by atoms with Gasteiger partial charge >= 0.3 is 12.1 Å². The Kier molecular flexibility index (Phi) is 8.97. The minimum absolute atomic E-state index is 0.00253. The smallest absolute Gasteiger partial charge is 0.412 e. The maximum absolute atomic E-state index is 14.1. The lowest BCUT2D eigenvalue weighted by molar-refractivity contribution is -0.139. The molecule has 0 aliphatic rings. The van der Waals surface area contributed by atoms with Crippen LogP contribution in [-0.2, 0) is 23.0 Å². The van der Waals surface area contributed by atoms with Gasteiger partial charge in [-0.05, 0) is 49.7 Å². The molecule has 0 bridgehead atoms. The molecule has 0 aliphatic carbocycles. The number of carbonyl (C=O) groups is 3. The maximum Gasteiger partial charge on any atom is 0.412 e. The summed E-state index contributed by atoms with van der Waals surface area (Å²) in [6, 6.07) is 19.6. The molecular formula is C31H28FN5O5. The number of benzene rings is 3. The highest BCUT2D eigenvalue weighted by Gasteiger charge is 2.23. The standard InChI is InChI=1S/C31H28FN5O5/c1-18-27(35-31(41)42-19(2)24-9-4-5-10-25(24)32)28(36-37(18)3)22-11-13-23(14-12-22)29(38)34-26(30(39)40)16-20-7-6-8-21(15-20)17-33/h4-15,19,26H,16H2,1-3H3,(H,34,38)(H,35,41)(H,39,40). The number of aliphatic carboxylic acids is 1. The zero-order valence-electron chi connectivity index (χ0n) is 23.1. The quantitative estimate of drug-likeness (QED) is 0.253. The van der Waals surface area contributed by atoms with Gasteiger partial charge in [0.05, 0.1) is 23.0 Å². The van der Waals surface area contributed by atoms with Crippen LogP contribution >= 0.6 is 0 Å². The van der Waals surface area contributed by atoms with Gasteiger partial charge in [0.1, 0.15) is 23.7 Å². The van der Waals surface area contributed by atoms with E-state index in [0.29, 0.717) is 33.8 Å². The van der Waals surface area contributed by atoms with Crippen LogP contribution in [0, 0.1) is 24.1 Å². The van der Waals surface area contributed by atoms with Crippen LogP contribution in [0.4, 0.5) is 14.9 Å². The van der Waals surface area contributed by atoms with Crippen molar-refractivity contribution in [2.24, 2.45) is 7.05 Å². The molecule has 0 aliphatic heterocycles. The first-order valence-corrected chi connectivity index (χ1v) is 13.0. The average Bonchev–Trinajstić information content (AvgIpc) is 3.25. The van der Waals surface area contributed by atoms with Crippen LogP contribution in [0.25, 0.3) is 11.3 Å². The first kappa shape index (κ1) is 29.5. The Balaban J connectivity index is 1.47. The van der Waals surface area contributed by atoms with E-state index in [1.165, 1.54) is 24.3 Å². The van der Waals surface area contributed by atoms with Crippen LogP contribution in [0.1, 0.15) is 45.8 Å². The second-order valence-corrected chi connectivity index (χ2v) is 9.58. The van der Waals surface area contributed by atoms with E-state index in [4.69, 9.17) is 10.00 Å². The Hall–Kier alpha value is -5.50. The summed E-state index contributed by atoms with van der Waals surface area (Å²) in [4.78, 5) is 37.4. The predicted molar refractivity (Wildman–Crippen MR) is 152 cm³/mol. The minimum atomic E-state index is -1.21. The van der Waals surface area contributed by atoms with Crippen LogP contribution in [0.3, 0.4) is 0 Å². The van der Waals surface area contributed by atoms with Gasteiger partial charge in [-0.15, -0.1) is 0 Å². The summed E-state index contributed by atoms with van der Waals surface area (Å²) in [5.41, 5.74) is 3.46. The van der Waals surface area contributed by atoms with Crippen LogP contribution in [0.5, 0.6) is 0 Å². The van der Waals surface area contributed by atoms with Gasteiger partial charge in [0.15, 0.2) is 0 Å². The van der Waals surface area contributed by atoms with Crippen LogP contribution in [0.15, 0.2) is 72.8 Å². The number of amides is 2. The van der Waals surface area contributed by atoms with Crippen LogP contribution in [-0.4, -0.2) is 38.9 Å². The van der Waals surface area contributed by atoms with Crippen molar-refractivity contribution in [2.45, 2.75) is 32.4 Å². The van der Waals surface area contributed by atoms with E-state index in [2.05, 4.69) is 15.7 Å². The molecule has 3 N–H and O–H groups in total. The van der Waals surface area contributed by atoms with Gasteiger partial charge in [-0.1, -0.05) is 42.5 Å². The number of carboxylic acid groups (broad SMARTS) is 1. The molecule has 2 atom stereocenters. The molecule has 214 valence electrons. The lowest BCUT2D eigenvalue weighted by Gasteiger charge is -2.16. The third-order valence-corrected chi connectivity index (χ3v) is 6.71. The van der Waals surface area contributed by atoms with Crippen LogP contribution in [0.2, 0.25) is 0 Å². The summed E-state index contributed by atoms with van der Waals surface area (Å²) in [7, 11) is 1.71. The molecule has 2 amide bonds. The van der Waals surface area contributed by atoms with Gasteiger partial charge < -0.3 is 15.2 Å². The maximum atomic E-state index is 14.1. The SMILES string of the molecule is Cc1c(NC(=O)OC(C)c2ccccc2F)c(-c2ccc(C(=O)NC(Cc3cccc(C#N)c3)C(=O)O)cc2)nn1C. The summed E-state index contributed by atoms with van der Waals surface area (Å²) in [5.74, 6) is -2.28. The molecule has 2 unspecified atom stereocenters. The van der Waals surface area contributed by atoms with Gasteiger partial charge in [-0.2, -0.15) is 10.4 Å². The molecular weight excluding hydrogens is 541 g/mol. The summed E-state index contributed by atoms with van der Waals surface area (Å²) in [6.07, 6.45) is -1.63. The molecule has 0 fully saturated rings. The van der Waals surface area contributed by atoms with E-state index in [0.717, 1.165) is 0 Å². The molecule has 3 aromatic carbocycles. The number of carbonyl (C=O) groups excluding carboxylic acids is 2. The fourth-order valence-corrected chi connectivity index (χ4v) is 4.34. The van der Waals surface area contributed by atoms with Gasteiger partial charge in [0, 0.05) is 30.2 Å². The number of nitriles is 1. The van der Waals surface area contributed by atoms with Crippen molar-refractivity contribution in [3.63, 3.8) is 0 Å². The number of nitrogens with one attached hydrogen (secondary N) is 2. The molecule has 0 radical (unpaired) electrons. The molecule has 1 aromatic heterocycles. The van der Waals surface area contributed by atoms with Gasteiger partial charge in [-0.25, -0.2) is 14.0 Å². The highest BCUT2D eigenvalue weighted by Crippen LogP contribution is 2.31. The van der Waals surface area contributed by atoms with E-state index in [1.54, 1.807) is 74.1 Å². The van der Waals surface area contributed by atoms with E-state index < -0.39 is 35.9 Å². The van der Waals surface area contributed by atoms with E-state index >= 15 is 0 Å². The van der Waals surface area contributed by atoms with Crippen molar-refractivity contribution in [1.29, 1.82) is 5.26 Å². The Bertz CT molecular complexity index is 1680. The van der Waals surface area contributed by atoms with E-state index in [-0.39, 0.29) is 17.5 Å². The predicted octanol–water partition coefficient (Wildman–Crippen LogP) is 5.14. The van der Waals surface area contributed by atoms with E-state index in [1.807, 2.05) is 6.07 Å². The van der Waals surface area contributed by atoms with Crippen molar-refractivity contribution in [3.8, 4) is 17.3 Å². The molecule has 4 aromatic rings. The van der Waals surface area contributed by atoms with E-state index in [9.17, 15) is 23.9 Å². The number of rotatable bonds is 9. The van der Waals surface area contributed by atoms with Crippen molar-refractivity contribution >= 4 is 23.7 Å². The first-order valence-electron chi connectivity index (χ1n) is 13.0. The molecule has 10 nitrogen and oxygen atoms in total. The van der Waals surface area contributed by atoms with Crippen LogP contribution < -0.4 is 10.6 Å². The number of ether oxygens (including phenoxy) is 1. The number of hydrogen-bond acceptors (Lipinski definition) is 6. The second kappa shape index (κ2) is 12.8. The lowest BCUT2D eigenvalue weighted by Crippen LogP contribution is -2.42. The topological polar surface area (TPSA) is 146 Å². The van der Waals surface area contributed by atoms with Gasteiger partial charge in [-0.3, -0.25) is 14.8 Å². The highest BCUT2D eigenvalue weighted by atomic mass is 19.1. The van der Waals surface area contributed by atoms with Crippen molar-refractivity contribution in [1.82, 2.24) is 15.1 Å². The molecule has 0 saturated carbocycles. The third kappa shape index (κ3) is 6.79.